The van der Waals surface area contributed by atoms with E-state index < -0.39 is 0 Å². The summed E-state index contributed by atoms with van der Waals surface area (Å²) >= 11 is 4.22. The Bertz CT molecular complexity index is 357. The van der Waals surface area contributed by atoms with Gasteiger partial charge in [0.2, 0.25) is 0 Å². The Morgan fingerprint density at radius 3 is 2.75 bits per heavy atom. The Kier molecular flexibility index (Phi) is 3.83. The molecule has 1 aliphatic heterocycles. The fourth-order valence-electron chi connectivity index (χ4n) is 1.71. The number of thiol groups is 1. The van der Waals surface area contributed by atoms with E-state index in [0.29, 0.717) is 13.2 Å². The number of benzene rings is 1. The van der Waals surface area contributed by atoms with E-state index in [1.165, 1.54) is 0 Å². The zero-order valence-electron chi connectivity index (χ0n) is 9.48. The minimum absolute atomic E-state index is 0.636. The van der Waals surface area contributed by atoms with E-state index in [4.69, 9.17) is 9.47 Å². The zero-order chi connectivity index (χ0) is 11.4. The maximum absolute atomic E-state index is 5.55. The number of ether oxygens (including phenoxy) is 2. The number of nitrogens with zero attached hydrogens (tertiary/aromatic N) is 1. The first-order valence-corrected chi connectivity index (χ1v) is 6.16. The molecular formula is C12H17NO2S. The number of hydrogen-bond donors (Lipinski definition) is 1. The van der Waals surface area contributed by atoms with E-state index in [9.17, 15) is 0 Å². The Hall–Kier alpha value is -1.03. The van der Waals surface area contributed by atoms with Crippen molar-refractivity contribution in [3.63, 3.8) is 0 Å². The maximum Gasteiger partial charge on any atom is 0.163 e. The van der Waals surface area contributed by atoms with E-state index in [2.05, 4.69) is 30.6 Å². The molecular weight excluding hydrogens is 222 g/mol. The Morgan fingerprint density at radius 2 is 2.00 bits per heavy atom. The van der Waals surface area contributed by atoms with Gasteiger partial charge in [0, 0.05) is 25.3 Å². The fourth-order valence-corrected chi connectivity index (χ4v) is 1.85. The predicted molar refractivity (Wildman–Crippen MR) is 69.2 cm³/mol. The van der Waals surface area contributed by atoms with Gasteiger partial charge in [0.15, 0.2) is 11.5 Å². The van der Waals surface area contributed by atoms with Crippen LogP contribution >= 0.6 is 12.6 Å². The normalized spacial score (nSPS) is 13.6. The van der Waals surface area contributed by atoms with Crippen molar-refractivity contribution in [1.29, 1.82) is 0 Å². The van der Waals surface area contributed by atoms with Crippen LogP contribution in [-0.2, 0) is 0 Å². The third-order valence-electron chi connectivity index (χ3n) is 2.62. The molecule has 88 valence electrons. The summed E-state index contributed by atoms with van der Waals surface area (Å²) in [5, 5.41) is 0. The van der Waals surface area contributed by atoms with Crippen molar-refractivity contribution in [3.05, 3.63) is 18.2 Å². The Morgan fingerprint density at radius 1 is 1.25 bits per heavy atom. The van der Waals surface area contributed by atoms with Crippen molar-refractivity contribution in [1.82, 2.24) is 0 Å². The molecule has 0 radical (unpaired) electrons. The highest BCUT2D eigenvalue weighted by atomic mass is 32.1. The molecule has 16 heavy (non-hydrogen) atoms. The molecule has 0 aromatic heterocycles. The Labute approximate surface area is 102 Å². The van der Waals surface area contributed by atoms with Crippen molar-refractivity contribution in [2.24, 2.45) is 0 Å². The van der Waals surface area contributed by atoms with Crippen molar-refractivity contribution in [2.45, 2.75) is 6.42 Å². The van der Waals surface area contributed by atoms with Crippen LogP contribution in [0.15, 0.2) is 18.2 Å². The van der Waals surface area contributed by atoms with E-state index in [1.54, 1.807) is 0 Å². The SMILES string of the molecule is CN(CCCS)c1ccc2c(c1)OCCO2. The van der Waals surface area contributed by atoms with Gasteiger partial charge in [0.25, 0.3) is 0 Å². The molecule has 4 heteroatoms. The molecule has 1 aromatic carbocycles. The largest absolute Gasteiger partial charge is 0.486 e. The van der Waals surface area contributed by atoms with Crippen LogP contribution in [0.3, 0.4) is 0 Å². The van der Waals surface area contributed by atoms with Crippen LogP contribution in [0.5, 0.6) is 11.5 Å². The second kappa shape index (κ2) is 5.34. The van der Waals surface area contributed by atoms with E-state index in [1.807, 2.05) is 12.1 Å². The van der Waals surface area contributed by atoms with Crippen LogP contribution in [0.4, 0.5) is 5.69 Å². The molecule has 1 aliphatic rings. The van der Waals surface area contributed by atoms with Gasteiger partial charge >= 0.3 is 0 Å². The molecule has 0 spiro atoms. The third-order valence-corrected chi connectivity index (χ3v) is 2.93. The average Bonchev–Trinajstić information content (AvgIpc) is 2.35. The van der Waals surface area contributed by atoms with E-state index >= 15 is 0 Å². The van der Waals surface area contributed by atoms with Gasteiger partial charge in [-0.3, -0.25) is 0 Å². The second-order valence-corrected chi connectivity index (χ2v) is 4.27. The van der Waals surface area contributed by atoms with Gasteiger partial charge in [-0.05, 0) is 24.3 Å². The molecule has 0 unspecified atom stereocenters. The number of fused-ring (bicyclic) bond motifs is 1. The van der Waals surface area contributed by atoms with Gasteiger partial charge in [-0.25, -0.2) is 0 Å². The van der Waals surface area contributed by atoms with Crippen LogP contribution in [-0.4, -0.2) is 32.6 Å². The van der Waals surface area contributed by atoms with Crippen molar-refractivity contribution in [3.8, 4) is 11.5 Å². The summed E-state index contributed by atoms with van der Waals surface area (Å²) in [4.78, 5) is 2.20. The lowest BCUT2D eigenvalue weighted by molar-refractivity contribution is 0.171. The smallest absolute Gasteiger partial charge is 0.163 e. The predicted octanol–water partition coefficient (Wildman–Crippen LogP) is 2.21. The molecule has 2 rings (SSSR count). The van der Waals surface area contributed by atoms with Crippen LogP contribution in [0, 0.1) is 0 Å². The summed E-state index contributed by atoms with van der Waals surface area (Å²) in [5.74, 6) is 2.61. The summed E-state index contributed by atoms with van der Waals surface area (Å²) in [5.41, 5.74) is 1.16. The van der Waals surface area contributed by atoms with Gasteiger partial charge < -0.3 is 14.4 Å². The van der Waals surface area contributed by atoms with Crippen LogP contribution < -0.4 is 14.4 Å². The maximum atomic E-state index is 5.55. The van der Waals surface area contributed by atoms with Gasteiger partial charge in [-0.2, -0.15) is 12.6 Å². The average molecular weight is 239 g/mol. The molecule has 0 N–H and O–H groups in total. The van der Waals surface area contributed by atoms with Crippen molar-refractivity contribution in [2.75, 3.05) is 37.5 Å². The summed E-state index contributed by atoms with van der Waals surface area (Å²) in [7, 11) is 2.08. The minimum Gasteiger partial charge on any atom is -0.486 e. The number of rotatable bonds is 4. The molecule has 1 aromatic rings. The van der Waals surface area contributed by atoms with Crippen molar-refractivity contribution < 1.29 is 9.47 Å². The lowest BCUT2D eigenvalue weighted by Gasteiger charge is -2.23. The standard InChI is InChI=1S/C12H17NO2S/c1-13(5-2-8-16)10-3-4-11-12(9-10)15-7-6-14-11/h3-4,9,16H,2,5-8H2,1H3. The lowest BCUT2D eigenvalue weighted by atomic mass is 10.2. The summed E-state index contributed by atoms with van der Waals surface area (Å²) < 4.78 is 11.0. The van der Waals surface area contributed by atoms with Crippen molar-refractivity contribution >= 4 is 18.3 Å². The van der Waals surface area contributed by atoms with Gasteiger partial charge in [-0.1, -0.05) is 0 Å². The second-order valence-electron chi connectivity index (χ2n) is 3.83. The first-order valence-electron chi connectivity index (χ1n) is 5.53. The zero-order valence-corrected chi connectivity index (χ0v) is 10.4. The van der Waals surface area contributed by atoms with Crippen LogP contribution in [0.1, 0.15) is 6.42 Å². The van der Waals surface area contributed by atoms with Gasteiger partial charge in [0.05, 0.1) is 0 Å². The highest BCUT2D eigenvalue weighted by Crippen LogP contribution is 2.33. The molecule has 0 amide bonds. The van der Waals surface area contributed by atoms with Crippen LogP contribution in [0.25, 0.3) is 0 Å². The van der Waals surface area contributed by atoms with Gasteiger partial charge in [-0.15, -0.1) is 0 Å². The molecule has 0 bridgehead atoms. The third kappa shape index (κ3) is 2.55. The molecule has 0 saturated heterocycles. The Balaban J connectivity index is 2.10. The molecule has 3 nitrogen and oxygen atoms in total. The number of anilines is 1. The molecule has 0 saturated carbocycles. The minimum atomic E-state index is 0.636. The molecule has 0 aliphatic carbocycles. The van der Waals surface area contributed by atoms with E-state index in [-0.39, 0.29) is 0 Å². The molecule has 1 heterocycles. The van der Waals surface area contributed by atoms with Gasteiger partial charge in [0.1, 0.15) is 13.2 Å². The lowest BCUT2D eigenvalue weighted by Crippen LogP contribution is -2.20. The monoisotopic (exact) mass is 239 g/mol. The fraction of sp³-hybridized carbons (Fsp3) is 0.500. The first-order chi connectivity index (χ1) is 7.81. The topological polar surface area (TPSA) is 21.7 Å². The highest BCUT2D eigenvalue weighted by Gasteiger charge is 2.12. The molecule has 0 atom stereocenters. The highest BCUT2D eigenvalue weighted by molar-refractivity contribution is 7.80. The quantitative estimate of drug-likeness (QED) is 0.814. The van der Waals surface area contributed by atoms with E-state index in [0.717, 1.165) is 35.9 Å². The van der Waals surface area contributed by atoms with Crippen LogP contribution in [0.2, 0.25) is 0 Å². The summed E-state index contributed by atoms with van der Waals surface area (Å²) in [6.45, 7) is 2.28. The summed E-state index contributed by atoms with van der Waals surface area (Å²) in [6.07, 6.45) is 1.08. The summed E-state index contributed by atoms with van der Waals surface area (Å²) in [6, 6.07) is 6.07. The number of hydrogen-bond acceptors (Lipinski definition) is 4. The first kappa shape index (κ1) is 11.5. The molecule has 0 fully saturated rings.